The van der Waals surface area contributed by atoms with Gasteiger partial charge in [0.2, 0.25) is 0 Å². The molecule has 17 heavy (non-hydrogen) atoms. The summed E-state index contributed by atoms with van der Waals surface area (Å²) in [6.45, 7) is 1.57. The van der Waals surface area contributed by atoms with Gasteiger partial charge in [0.15, 0.2) is 5.78 Å². The third-order valence-corrected chi connectivity index (χ3v) is 2.71. The van der Waals surface area contributed by atoms with Crippen LogP contribution in [0.1, 0.15) is 34.8 Å². The Balaban J connectivity index is 3.39. The van der Waals surface area contributed by atoms with E-state index in [1.807, 2.05) is 6.07 Å². The van der Waals surface area contributed by atoms with Gasteiger partial charge in [-0.1, -0.05) is 34.1 Å². The maximum Gasteiger partial charge on any atom is 0.264 e. The van der Waals surface area contributed by atoms with Crippen LogP contribution in [0.4, 0.5) is 8.78 Å². The van der Waals surface area contributed by atoms with Crippen LogP contribution in [0, 0.1) is 11.3 Å². The molecule has 0 saturated heterocycles. The monoisotopic (exact) mass is 301 g/mol. The van der Waals surface area contributed by atoms with Gasteiger partial charge in [-0.2, -0.15) is 5.26 Å². The van der Waals surface area contributed by atoms with Gasteiger partial charge in [0.1, 0.15) is 0 Å². The maximum atomic E-state index is 12.8. The predicted molar refractivity (Wildman–Crippen MR) is 63.4 cm³/mol. The number of carbonyl (C=O) groups excluding carboxylic acids is 1. The van der Waals surface area contributed by atoms with E-state index in [0.717, 1.165) is 0 Å². The summed E-state index contributed by atoms with van der Waals surface area (Å²) in [4.78, 5) is 11.3. The van der Waals surface area contributed by atoms with Crippen molar-refractivity contribution in [3.8, 4) is 6.07 Å². The fourth-order valence-electron chi connectivity index (χ4n) is 1.53. The normalized spacial score (nSPS) is 12.2. The molecule has 1 aromatic rings. The molecule has 0 fully saturated rings. The summed E-state index contributed by atoms with van der Waals surface area (Å²) in [5.74, 6) is -0.425. The molecule has 0 aliphatic carbocycles. The quantitative estimate of drug-likeness (QED) is 0.629. The van der Waals surface area contributed by atoms with Crippen molar-refractivity contribution in [3.05, 3.63) is 34.9 Å². The van der Waals surface area contributed by atoms with Crippen LogP contribution >= 0.6 is 15.9 Å². The summed E-state index contributed by atoms with van der Waals surface area (Å²) in [5.41, 5.74) is 0.00377. The highest BCUT2D eigenvalue weighted by molar-refractivity contribution is 9.10. The Bertz CT molecular complexity index is 466. The zero-order valence-electron chi connectivity index (χ0n) is 9.08. The summed E-state index contributed by atoms with van der Waals surface area (Å²) < 4.78 is 25.6. The van der Waals surface area contributed by atoms with E-state index in [4.69, 9.17) is 5.26 Å². The van der Waals surface area contributed by atoms with Gasteiger partial charge in [0.25, 0.3) is 6.43 Å². The molecule has 0 radical (unpaired) electrons. The number of alkyl halides is 3. The Labute approximate surface area is 106 Å². The Morgan fingerprint density at radius 1 is 1.53 bits per heavy atom. The maximum absolute atomic E-state index is 12.8. The zero-order valence-corrected chi connectivity index (χ0v) is 10.7. The minimum absolute atomic E-state index is 0.0339. The number of carbonyl (C=O) groups is 1. The molecule has 0 amide bonds. The smallest absolute Gasteiger partial charge is 0.264 e. The number of rotatable bonds is 4. The minimum Gasteiger partial charge on any atom is -0.293 e. The van der Waals surface area contributed by atoms with Crippen LogP contribution in [0.15, 0.2) is 18.2 Å². The molecule has 1 rings (SSSR count). The average molecular weight is 302 g/mol. The number of halogens is 3. The molecule has 0 aromatic heterocycles. The SMILES string of the molecule is CC(Br)C(=O)c1c(CC#N)cccc1C(F)F. The number of nitrogens with zero attached hydrogens (tertiary/aromatic N) is 1. The number of hydrogen-bond acceptors (Lipinski definition) is 2. The first-order valence-electron chi connectivity index (χ1n) is 4.94. The Morgan fingerprint density at radius 3 is 2.65 bits per heavy atom. The number of Topliss-reactive ketones (excluding diaryl/α,β-unsaturated/α-hetero) is 1. The standard InChI is InChI=1S/C12H10BrF2NO/c1-7(13)11(17)10-8(5-6-16)3-2-4-9(10)12(14)15/h2-4,7,12H,5H2,1H3. The van der Waals surface area contributed by atoms with Gasteiger partial charge in [-0.3, -0.25) is 4.79 Å². The molecule has 1 unspecified atom stereocenters. The number of nitriles is 1. The molecule has 0 bridgehead atoms. The third kappa shape index (κ3) is 3.10. The molecular weight excluding hydrogens is 292 g/mol. The van der Waals surface area contributed by atoms with E-state index in [0.29, 0.717) is 5.56 Å². The van der Waals surface area contributed by atoms with Crippen molar-refractivity contribution in [3.63, 3.8) is 0 Å². The van der Waals surface area contributed by atoms with Crippen molar-refractivity contribution in [2.45, 2.75) is 24.6 Å². The van der Waals surface area contributed by atoms with E-state index in [9.17, 15) is 13.6 Å². The van der Waals surface area contributed by atoms with Crippen LogP contribution < -0.4 is 0 Å². The second-order valence-corrected chi connectivity index (χ2v) is 4.87. The first-order valence-corrected chi connectivity index (χ1v) is 5.85. The minimum atomic E-state index is -2.72. The topological polar surface area (TPSA) is 40.9 Å². The molecule has 5 heteroatoms. The van der Waals surface area contributed by atoms with Crippen molar-refractivity contribution >= 4 is 21.7 Å². The molecule has 0 spiro atoms. The van der Waals surface area contributed by atoms with Crippen molar-refractivity contribution in [2.24, 2.45) is 0 Å². The van der Waals surface area contributed by atoms with E-state index >= 15 is 0 Å². The Kier molecular flexibility index (Phi) is 4.76. The highest BCUT2D eigenvalue weighted by Gasteiger charge is 2.23. The van der Waals surface area contributed by atoms with E-state index < -0.39 is 17.0 Å². The van der Waals surface area contributed by atoms with E-state index in [1.165, 1.54) is 18.2 Å². The van der Waals surface area contributed by atoms with Gasteiger partial charge < -0.3 is 0 Å². The molecule has 1 aromatic carbocycles. The Hall–Kier alpha value is -1.28. The number of ketones is 1. The first kappa shape index (κ1) is 13.8. The number of benzene rings is 1. The van der Waals surface area contributed by atoms with Gasteiger partial charge in [0.05, 0.1) is 17.3 Å². The van der Waals surface area contributed by atoms with E-state index in [1.54, 1.807) is 6.92 Å². The predicted octanol–water partition coefficient (Wildman–Crippen LogP) is 3.66. The van der Waals surface area contributed by atoms with Crippen molar-refractivity contribution in [2.75, 3.05) is 0 Å². The molecule has 0 heterocycles. The third-order valence-electron chi connectivity index (χ3n) is 2.30. The molecule has 1 atom stereocenters. The van der Waals surface area contributed by atoms with E-state index in [2.05, 4.69) is 15.9 Å². The highest BCUT2D eigenvalue weighted by atomic mass is 79.9. The molecule has 0 aliphatic rings. The summed E-state index contributed by atoms with van der Waals surface area (Å²) in [6, 6.07) is 6.05. The first-order chi connectivity index (χ1) is 7.99. The van der Waals surface area contributed by atoms with Crippen LogP contribution in [-0.2, 0) is 6.42 Å². The van der Waals surface area contributed by atoms with Crippen molar-refractivity contribution in [1.82, 2.24) is 0 Å². The zero-order chi connectivity index (χ0) is 13.0. The van der Waals surface area contributed by atoms with Gasteiger partial charge in [-0.15, -0.1) is 0 Å². The fourth-order valence-corrected chi connectivity index (χ4v) is 1.76. The van der Waals surface area contributed by atoms with E-state index in [-0.39, 0.29) is 17.5 Å². The molecule has 90 valence electrons. The lowest BCUT2D eigenvalue weighted by Gasteiger charge is -2.13. The summed E-state index contributed by atoms with van der Waals surface area (Å²) in [6.07, 6.45) is -2.78. The van der Waals surface area contributed by atoms with Crippen LogP contribution in [0.25, 0.3) is 0 Å². The molecule has 0 saturated carbocycles. The highest BCUT2D eigenvalue weighted by Crippen LogP contribution is 2.28. The summed E-state index contributed by atoms with van der Waals surface area (Å²) in [5, 5.41) is 8.63. The molecular formula is C12H10BrF2NO. The Morgan fingerprint density at radius 2 is 2.18 bits per heavy atom. The largest absolute Gasteiger partial charge is 0.293 e. The molecule has 0 N–H and O–H groups in total. The van der Waals surface area contributed by atoms with Gasteiger partial charge in [-0.05, 0) is 12.5 Å². The number of hydrogen-bond donors (Lipinski definition) is 0. The van der Waals surface area contributed by atoms with Gasteiger partial charge in [0, 0.05) is 11.1 Å². The molecule has 0 aliphatic heterocycles. The lowest BCUT2D eigenvalue weighted by molar-refractivity contribution is 0.0981. The lowest BCUT2D eigenvalue weighted by Crippen LogP contribution is -2.15. The lowest BCUT2D eigenvalue weighted by atomic mass is 9.94. The average Bonchev–Trinajstić information content (AvgIpc) is 2.28. The van der Waals surface area contributed by atoms with Crippen molar-refractivity contribution < 1.29 is 13.6 Å². The second kappa shape index (κ2) is 5.87. The van der Waals surface area contributed by atoms with Crippen LogP contribution in [-0.4, -0.2) is 10.6 Å². The van der Waals surface area contributed by atoms with Crippen LogP contribution in [0.5, 0.6) is 0 Å². The second-order valence-electron chi connectivity index (χ2n) is 3.50. The summed E-state index contributed by atoms with van der Waals surface area (Å²) >= 11 is 3.07. The van der Waals surface area contributed by atoms with Gasteiger partial charge in [-0.25, -0.2) is 8.78 Å². The van der Waals surface area contributed by atoms with Crippen molar-refractivity contribution in [1.29, 1.82) is 5.26 Å². The van der Waals surface area contributed by atoms with Gasteiger partial charge >= 0.3 is 0 Å². The fraction of sp³-hybridized carbons (Fsp3) is 0.333. The molecule has 2 nitrogen and oxygen atoms in total. The summed E-state index contributed by atoms with van der Waals surface area (Å²) in [7, 11) is 0. The van der Waals surface area contributed by atoms with Crippen LogP contribution in [0.3, 0.4) is 0 Å². The van der Waals surface area contributed by atoms with Crippen LogP contribution in [0.2, 0.25) is 0 Å².